The van der Waals surface area contributed by atoms with Crippen molar-refractivity contribution in [2.45, 2.75) is 0 Å². The van der Waals surface area contributed by atoms with Crippen molar-refractivity contribution in [2.75, 3.05) is 13.1 Å². The van der Waals surface area contributed by atoms with Crippen molar-refractivity contribution in [3.63, 3.8) is 0 Å². The zero-order valence-corrected chi connectivity index (χ0v) is 9.51. The minimum atomic E-state index is -0.639. The van der Waals surface area contributed by atoms with Gasteiger partial charge >= 0.3 is 0 Å². The van der Waals surface area contributed by atoms with Gasteiger partial charge in [-0.2, -0.15) is 0 Å². The number of nitrogens with zero attached hydrogens (tertiary/aromatic N) is 1. The average Bonchev–Trinajstić information content (AvgIpc) is 2.02. The summed E-state index contributed by atoms with van der Waals surface area (Å²) in [7, 11) is 0. The highest BCUT2D eigenvalue weighted by molar-refractivity contribution is 7.96. The quantitative estimate of drug-likeness (QED) is 0.512. The Morgan fingerprint density at radius 3 is 1.64 bits per heavy atom. The van der Waals surface area contributed by atoms with Crippen LogP contribution in [0.25, 0.3) is 0 Å². The van der Waals surface area contributed by atoms with Crippen LogP contribution < -0.4 is 5.73 Å². The lowest BCUT2D eigenvalue weighted by molar-refractivity contribution is 0.233. The molecule has 0 saturated heterocycles. The van der Waals surface area contributed by atoms with E-state index in [0.717, 1.165) is 0 Å². The molecule has 2 N–H and O–H groups in total. The third-order valence-corrected chi connectivity index (χ3v) is 1.25. The van der Waals surface area contributed by atoms with Crippen molar-refractivity contribution >= 4 is 35.7 Å². The molecule has 0 rings (SSSR count). The van der Waals surface area contributed by atoms with E-state index >= 15 is 0 Å². The van der Waals surface area contributed by atoms with E-state index in [0.29, 0.717) is 13.1 Å². The number of amides is 2. The van der Waals surface area contributed by atoms with Crippen molar-refractivity contribution in [2.24, 2.45) is 5.73 Å². The standard InChI is InChI=1S/C7H11NOS.CH3NOS/c1-3-5-8(6-4-2)7(9)10;2-1(3)4/h3-4H,1-2,5-6H2,(H,9,10);(H3,2,3,4). The Hall–Kier alpha value is -0.880. The summed E-state index contributed by atoms with van der Waals surface area (Å²) in [6, 6.07) is 0. The molecule has 0 aliphatic heterocycles. The summed E-state index contributed by atoms with van der Waals surface area (Å²) >= 11 is 6.76. The lowest BCUT2D eigenvalue weighted by atomic mass is 10.5. The average molecular weight is 234 g/mol. The zero-order chi connectivity index (χ0) is 11.6. The van der Waals surface area contributed by atoms with E-state index in [4.69, 9.17) is 4.79 Å². The molecule has 0 radical (unpaired) electrons. The highest BCUT2D eigenvalue weighted by Gasteiger charge is 2.02. The molecule has 6 heteroatoms. The predicted molar refractivity (Wildman–Crippen MR) is 64.9 cm³/mol. The van der Waals surface area contributed by atoms with Gasteiger partial charge in [0.05, 0.1) is 0 Å². The number of primary amides is 1. The topological polar surface area (TPSA) is 63.4 Å². The highest BCUT2D eigenvalue weighted by atomic mass is 32.1. The van der Waals surface area contributed by atoms with Gasteiger partial charge in [0.15, 0.2) is 0 Å². The van der Waals surface area contributed by atoms with Gasteiger partial charge in [0.25, 0.3) is 10.5 Å². The third kappa shape index (κ3) is 13.7. The van der Waals surface area contributed by atoms with Crippen LogP contribution in [0, 0.1) is 0 Å². The number of nitrogens with two attached hydrogens (primary N) is 1. The molecule has 0 aromatic rings. The van der Waals surface area contributed by atoms with E-state index in [9.17, 15) is 4.79 Å². The number of carbonyl (C=O) groups is 2. The predicted octanol–water partition coefficient (Wildman–Crippen LogP) is 1.71. The van der Waals surface area contributed by atoms with Crippen molar-refractivity contribution in [1.29, 1.82) is 0 Å². The summed E-state index contributed by atoms with van der Waals surface area (Å²) in [5.41, 5.74) is 4.34. The molecule has 0 aromatic heterocycles. The fraction of sp³-hybridized carbons (Fsp3) is 0.250. The van der Waals surface area contributed by atoms with Crippen molar-refractivity contribution in [3.05, 3.63) is 25.3 Å². The summed E-state index contributed by atoms with van der Waals surface area (Å²) in [6.07, 6.45) is 3.30. The normalized spacial score (nSPS) is 7.86. The van der Waals surface area contributed by atoms with Crippen LogP contribution in [-0.2, 0) is 0 Å². The van der Waals surface area contributed by atoms with Gasteiger partial charge in [-0.3, -0.25) is 9.59 Å². The molecule has 14 heavy (non-hydrogen) atoms. The van der Waals surface area contributed by atoms with Crippen LogP contribution in [0.3, 0.4) is 0 Å². The molecular formula is C8H14N2O2S2. The van der Waals surface area contributed by atoms with Gasteiger partial charge in [-0.1, -0.05) is 37.4 Å². The summed E-state index contributed by atoms with van der Waals surface area (Å²) in [6.45, 7) is 8.05. The molecular weight excluding hydrogens is 220 g/mol. The number of rotatable bonds is 4. The van der Waals surface area contributed by atoms with Crippen LogP contribution >= 0.6 is 25.3 Å². The minimum absolute atomic E-state index is 0.250. The molecule has 0 bridgehead atoms. The molecule has 0 atom stereocenters. The van der Waals surface area contributed by atoms with Gasteiger partial charge in [-0.25, -0.2) is 0 Å². The van der Waals surface area contributed by atoms with Crippen LogP contribution in [0.2, 0.25) is 0 Å². The smallest absolute Gasteiger partial charge is 0.279 e. The van der Waals surface area contributed by atoms with Gasteiger partial charge in [0.1, 0.15) is 0 Å². The van der Waals surface area contributed by atoms with E-state index < -0.39 is 5.24 Å². The Morgan fingerprint density at radius 2 is 1.50 bits per heavy atom. The van der Waals surface area contributed by atoms with Crippen LogP contribution in [0.15, 0.2) is 25.3 Å². The molecule has 80 valence electrons. The number of carbonyl (C=O) groups excluding carboxylic acids is 2. The first-order chi connectivity index (χ1) is 6.45. The first-order valence-electron chi connectivity index (χ1n) is 3.63. The Kier molecular flexibility index (Phi) is 11.4. The van der Waals surface area contributed by atoms with Crippen LogP contribution in [0.1, 0.15) is 0 Å². The second-order valence-electron chi connectivity index (χ2n) is 2.10. The molecule has 2 amide bonds. The Labute approximate surface area is 94.7 Å². The molecule has 0 spiro atoms. The lowest BCUT2D eigenvalue weighted by Crippen LogP contribution is -2.26. The molecule has 0 aromatic carbocycles. The number of thiol groups is 2. The maximum Gasteiger partial charge on any atom is 0.279 e. The van der Waals surface area contributed by atoms with Crippen molar-refractivity contribution in [1.82, 2.24) is 4.90 Å². The second-order valence-corrected chi connectivity index (χ2v) is 2.93. The lowest BCUT2D eigenvalue weighted by Gasteiger charge is -2.14. The van der Waals surface area contributed by atoms with Crippen LogP contribution in [-0.4, -0.2) is 28.5 Å². The molecule has 0 aliphatic rings. The van der Waals surface area contributed by atoms with Crippen LogP contribution in [0.4, 0.5) is 9.59 Å². The van der Waals surface area contributed by atoms with E-state index in [1.807, 2.05) is 0 Å². The molecule has 0 fully saturated rings. The SMILES string of the molecule is C=CCN(CC=C)C(=O)S.NC(=O)S. The maximum absolute atomic E-state index is 10.6. The van der Waals surface area contributed by atoms with Gasteiger partial charge in [-0.05, 0) is 0 Å². The fourth-order valence-electron chi connectivity index (χ4n) is 0.542. The van der Waals surface area contributed by atoms with Crippen molar-refractivity contribution < 1.29 is 9.59 Å². The Bertz CT molecular complexity index is 205. The summed E-state index contributed by atoms with van der Waals surface area (Å²) in [4.78, 5) is 21.2. The highest BCUT2D eigenvalue weighted by Crippen LogP contribution is 1.95. The molecule has 4 nitrogen and oxygen atoms in total. The van der Waals surface area contributed by atoms with Gasteiger partial charge in [0.2, 0.25) is 0 Å². The third-order valence-electron chi connectivity index (χ3n) is 0.969. The van der Waals surface area contributed by atoms with E-state index in [2.05, 4.69) is 44.1 Å². The fourth-order valence-corrected chi connectivity index (χ4v) is 0.706. The number of hydrogen-bond acceptors (Lipinski definition) is 2. The molecule has 0 aliphatic carbocycles. The maximum atomic E-state index is 10.6. The van der Waals surface area contributed by atoms with E-state index in [1.165, 1.54) is 4.90 Å². The number of hydrogen-bond donors (Lipinski definition) is 3. The summed E-state index contributed by atoms with van der Waals surface area (Å²) < 4.78 is 0. The molecule has 0 heterocycles. The first-order valence-corrected chi connectivity index (χ1v) is 4.53. The summed E-state index contributed by atoms with van der Waals surface area (Å²) in [5, 5.41) is -0.889. The summed E-state index contributed by atoms with van der Waals surface area (Å²) in [5.74, 6) is 0. The first kappa shape index (κ1) is 15.6. The monoisotopic (exact) mass is 234 g/mol. The minimum Gasteiger partial charge on any atom is -0.361 e. The van der Waals surface area contributed by atoms with Crippen molar-refractivity contribution in [3.8, 4) is 0 Å². The molecule has 0 saturated carbocycles. The zero-order valence-electron chi connectivity index (χ0n) is 7.72. The van der Waals surface area contributed by atoms with Crippen LogP contribution in [0.5, 0.6) is 0 Å². The van der Waals surface area contributed by atoms with E-state index in [-0.39, 0.29) is 5.24 Å². The largest absolute Gasteiger partial charge is 0.361 e. The molecule has 0 unspecified atom stereocenters. The van der Waals surface area contributed by atoms with E-state index in [1.54, 1.807) is 12.2 Å². The second kappa shape index (κ2) is 10.2. The van der Waals surface area contributed by atoms with Gasteiger partial charge < -0.3 is 10.6 Å². The van der Waals surface area contributed by atoms with Gasteiger partial charge in [-0.15, -0.1) is 13.2 Å². The van der Waals surface area contributed by atoms with Gasteiger partial charge in [0, 0.05) is 13.1 Å². The Morgan fingerprint density at radius 1 is 1.21 bits per heavy atom. The Balaban J connectivity index is 0.